The second kappa shape index (κ2) is 10.1. The molecule has 4 aromatic heterocycles. The summed E-state index contributed by atoms with van der Waals surface area (Å²) in [7, 11) is 0. The van der Waals surface area contributed by atoms with Crippen LogP contribution in [0, 0.1) is 0 Å². The lowest BCUT2D eigenvalue weighted by molar-refractivity contribution is -0.779. The summed E-state index contributed by atoms with van der Waals surface area (Å²) >= 11 is 0. The number of fused-ring (bicyclic) bond motifs is 12. The number of benzene rings is 3. The van der Waals surface area contributed by atoms with Crippen LogP contribution in [0.2, 0.25) is 0 Å². The maximum absolute atomic E-state index is 6.56. The molecule has 0 N–H and O–H groups in total. The van der Waals surface area contributed by atoms with Crippen LogP contribution in [-0.4, -0.2) is 14.8 Å². The maximum Gasteiger partial charge on any atom is 0.250 e. The summed E-state index contributed by atoms with van der Waals surface area (Å²) in [6, 6.07) is 33.2. The molecule has 240 valence electrons. The number of pyridine rings is 2. The lowest BCUT2D eigenvalue weighted by Crippen LogP contribution is -2.73. The Bertz CT molecular complexity index is 2410. The molecule has 0 radical (unpaired) electrons. The molecule has 2 aliphatic heterocycles. The van der Waals surface area contributed by atoms with E-state index in [0.29, 0.717) is 0 Å². The smallest absolute Gasteiger partial charge is 0.250 e. The number of para-hydroxylation sites is 2. The highest BCUT2D eigenvalue weighted by Crippen LogP contribution is 2.56. The molecule has 0 fully saturated rings. The third-order valence-electron chi connectivity index (χ3n) is 11.8. The first kappa shape index (κ1) is 29.3. The van der Waals surface area contributed by atoms with Crippen LogP contribution in [0.3, 0.4) is 0 Å². The fourth-order valence-electron chi connectivity index (χ4n) is 9.38. The Morgan fingerprint density at radius 3 is 2.46 bits per heavy atom. The van der Waals surface area contributed by atoms with Crippen LogP contribution in [0.1, 0.15) is 78.1 Å². The molecular formula is C42H43N5O+2. The molecule has 0 amide bonds. The summed E-state index contributed by atoms with van der Waals surface area (Å²) in [5.41, 5.74) is 7.27. The standard InChI is InChI=1S/C42H43N5O/c1-7-41(6)42(8-2,46-25-14-13-18-33(46)38-43-39(40(3,4)5)44-47(38)41)30-24-26-45-31-17-11-9-15-27(31)20-22-32(45)36-28(30)21-23-35-37(36)29-16-10-12-19-34(29)48-35/h9-23,25,30H,7-8,24,26H2,1-6H3/q+2. The first-order valence-electron chi connectivity index (χ1n) is 17.6. The van der Waals surface area contributed by atoms with Gasteiger partial charge in [0, 0.05) is 58.7 Å². The average Bonchev–Trinajstić information content (AvgIpc) is 3.69. The van der Waals surface area contributed by atoms with E-state index in [1.807, 2.05) is 0 Å². The largest absolute Gasteiger partial charge is 0.456 e. The van der Waals surface area contributed by atoms with Crippen molar-refractivity contribution in [1.82, 2.24) is 14.8 Å². The van der Waals surface area contributed by atoms with E-state index in [1.54, 1.807) is 0 Å². The Labute approximate surface area is 281 Å². The second-order valence-corrected chi connectivity index (χ2v) is 15.1. The first-order chi connectivity index (χ1) is 23.2. The van der Waals surface area contributed by atoms with Crippen molar-refractivity contribution in [1.29, 1.82) is 0 Å². The van der Waals surface area contributed by atoms with E-state index >= 15 is 0 Å². The Balaban J connectivity index is 1.41. The van der Waals surface area contributed by atoms with Crippen molar-refractivity contribution in [2.45, 2.75) is 89.8 Å². The molecule has 0 aliphatic carbocycles. The summed E-state index contributed by atoms with van der Waals surface area (Å²) < 4.78 is 14.0. The second-order valence-electron chi connectivity index (χ2n) is 15.1. The van der Waals surface area contributed by atoms with Crippen molar-refractivity contribution in [3.05, 3.63) is 109 Å². The number of hydrogen-bond donors (Lipinski definition) is 0. The van der Waals surface area contributed by atoms with Crippen molar-refractivity contribution >= 4 is 32.8 Å². The van der Waals surface area contributed by atoms with E-state index in [4.69, 9.17) is 14.5 Å². The zero-order valence-electron chi connectivity index (χ0n) is 28.8. The van der Waals surface area contributed by atoms with E-state index in [2.05, 4.69) is 153 Å². The van der Waals surface area contributed by atoms with Crippen LogP contribution in [0.25, 0.3) is 55.6 Å². The van der Waals surface area contributed by atoms with Crippen molar-refractivity contribution < 1.29 is 13.6 Å². The molecular weight excluding hydrogens is 590 g/mol. The highest BCUT2D eigenvalue weighted by Gasteiger charge is 2.66. The van der Waals surface area contributed by atoms with Gasteiger partial charge in [-0.05, 0) is 49.2 Å². The van der Waals surface area contributed by atoms with Crippen molar-refractivity contribution in [2.24, 2.45) is 0 Å². The minimum Gasteiger partial charge on any atom is -0.456 e. The molecule has 3 atom stereocenters. The average molecular weight is 634 g/mol. The number of hydrogen-bond acceptors (Lipinski definition) is 3. The fraction of sp³-hybridized carbons (Fsp3) is 0.333. The molecule has 6 nitrogen and oxygen atoms in total. The zero-order chi connectivity index (χ0) is 33.0. The van der Waals surface area contributed by atoms with Crippen LogP contribution >= 0.6 is 0 Å². The van der Waals surface area contributed by atoms with Crippen LogP contribution in [0.5, 0.6) is 0 Å². The van der Waals surface area contributed by atoms with Gasteiger partial charge >= 0.3 is 0 Å². The van der Waals surface area contributed by atoms with Crippen molar-refractivity contribution in [3.8, 4) is 22.8 Å². The van der Waals surface area contributed by atoms with Crippen LogP contribution in [0.15, 0.2) is 102 Å². The monoisotopic (exact) mass is 633 g/mol. The van der Waals surface area contributed by atoms with Crippen LogP contribution in [0.4, 0.5) is 0 Å². The third-order valence-corrected chi connectivity index (χ3v) is 11.8. The molecule has 6 heterocycles. The van der Waals surface area contributed by atoms with E-state index in [1.165, 1.54) is 38.5 Å². The lowest BCUT2D eigenvalue weighted by atomic mass is 9.61. The van der Waals surface area contributed by atoms with Gasteiger partial charge in [-0.25, -0.2) is 9.67 Å². The van der Waals surface area contributed by atoms with Crippen molar-refractivity contribution in [3.63, 3.8) is 0 Å². The highest BCUT2D eigenvalue weighted by molar-refractivity contribution is 6.12. The quantitative estimate of drug-likeness (QED) is 0.183. The molecule has 0 saturated carbocycles. The Morgan fingerprint density at radius 1 is 0.854 bits per heavy atom. The molecule has 3 aromatic carbocycles. The maximum atomic E-state index is 6.56. The predicted octanol–water partition coefficient (Wildman–Crippen LogP) is 8.97. The van der Waals surface area contributed by atoms with Gasteiger partial charge in [0.15, 0.2) is 24.1 Å². The topological polar surface area (TPSA) is 51.6 Å². The zero-order valence-corrected chi connectivity index (χ0v) is 28.8. The summed E-state index contributed by atoms with van der Waals surface area (Å²) in [5, 5.41) is 9.02. The Hall–Kier alpha value is -4.84. The molecule has 0 bridgehead atoms. The van der Waals surface area contributed by atoms with Gasteiger partial charge in [0.1, 0.15) is 16.7 Å². The first-order valence-corrected chi connectivity index (χ1v) is 17.6. The van der Waals surface area contributed by atoms with E-state index in [-0.39, 0.29) is 22.4 Å². The number of rotatable bonds is 3. The summed E-state index contributed by atoms with van der Waals surface area (Å²) in [6.07, 6.45) is 5.13. The lowest BCUT2D eigenvalue weighted by Gasteiger charge is -2.50. The number of furan rings is 1. The molecule has 9 rings (SSSR count). The summed E-state index contributed by atoms with van der Waals surface area (Å²) in [4.78, 5) is 5.26. The highest BCUT2D eigenvalue weighted by atomic mass is 16.3. The van der Waals surface area contributed by atoms with Gasteiger partial charge in [-0.2, -0.15) is 14.2 Å². The van der Waals surface area contributed by atoms with Crippen LogP contribution < -0.4 is 9.13 Å². The van der Waals surface area contributed by atoms with Crippen LogP contribution in [-0.2, 0) is 23.0 Å². The number of aryl methyl sites for hydroxylation is 1. The molecule has 0 spiro atoms. The number of aromatic nitrogens is 5. The minimum absolute atomic E-state index is 0.153. The molecule has 3 unspecified atom stereocenters. The van der Waals surface area contributed by atoms with Gasteiger partial charge in [0.05, 0.1) is 11.5 Å². The molecule has 7 aromatic rings. The third kappa shape index (κ3) is 3.69. The Morgan fingerprint density at radius 2 is 1.65 bits per heavy atom. The summed E-state index contributed by atoms with van der Waals surface area (Å²) in [6.45, 7) is 14.7. The van der Waals surface area contributed by atoms with Gasteiger partial charge in [0.25, 0.3) is 5.69 Å². The normalized spacial score (nSPS) is 21.9. The van der Waals surface area contributed by atoms with E-state index < -0.39 is 0 Å². The minimum atomic E-state index is -0.370. The van der Waals surface area contributed by atoms with Gasteiger partial charge < -0.3 is 4.42 Å². The molecule has 6 heteroatoms. The van der Waals surface area contributed by atoms with Gasteiger partial charge in [-0.15, -0.1) is 0 Å². The van der Waals surface area contributed by atoms with E-state index in [9.17, 15) is 0 Å². The van der Waals surface area contributed by atoms with E-state index in [0.717, 1.165) is 54.3 Å². The fourth-order valence-corrected chi connectivity index (χ4v) is 9.38. The number of nitrogens with zero attached hydrogens (tertiary/aromatic N) is 5. The molecule has 0 saturated heterocycles. The molecule has 2 aliphatic rings. The van der Waals surface area contributed by atoms with Crippen molar-refractivity contribution in [2.75, 3.05) is 0 Å². The van der Waals surface area contributed by atoms with Gasteiger partial charge in [0.2, 0.25) is 17.0 Å². The van der Waals surface area contributed by atoms with Gasteiger partial charge in [-0.3, -0.25) is 0 Å². The Kier molecular flexibility index (Phi) is 6.16. The summed E-state index contributed by atoms with van der Waals surface area (Å²) in [5.74, 6) is 2.00. The SMILES string of the molecule is CCC1(C)n2nc(C(C)(C)C)nc2-c2cccc[n+]2C1(CC)C1CC[n+]2c(ccc3ccccc32)-c2c1ccc1oc3ccccc3c21. The molecule has 48 heavy (non-hydrogen) atoms. The van der Waals surface area contributed by atoms with Gasteiger partial charge in [-0.1, -0.05) is 71.0 Å². The predicted molar refractivity (Wildman–Crippen MR) is 191 cm³/mol.